The molecule has 0 fully saturated rings. The first kappa shape index (κ1) is 13.1. The Balaban J connectivity index is 1.86. The minimum absolute atomic E-state index is 0.314. The second-order valence-electron chi connectivity index (χ2n) is 4.35. The van der Waals surface area contributed by atoms with E-state index in [2.05, 4.69) is 20.3 Å². The Morgan fingerprint density at radius 3 is 2.95 bits per heavy atom. The van der Waals surface area contributed by atoms with E-state index < -0.39 is 0 Å². The summed E-state index contributed by atoms with van der Waals surface area (Å²) in [5.74, 6) is 0.395. The third kappa shape index (κ3) is 2.69. The standard InChI is InChI=1S/C15H14N4O2/c1-2-21-14-10(6-5-9-16-14)13(20)19-15-17-11-7-3-4-8-12(11)18-15/h3-9H,2H2,1H3,(H2,17,18,19,20). The van der Waals surface area contributed by atoms with Crippen LogP contribution in [0.25, 0.3) is 11.0 Å². The number of anilines is 1. The summed E-state index contributed by atoms with van der Waals surface area (Å²) in [5.41, 5.74) is 2.04. The maximum Gasteiger partial charge on any atom is 0.263 e. The number of imidazole rings is 1. The highest BCUT2D eigenvalue weighted by molar-refractivity contribution is 6.05. The van der Waals surface area contributed by atoms with Gasteiger partial charge in [0.05, 0.1) is 17.6 Å². The number of pyridine rings is 1. The van der Waals surface area contributed by atoms with E-state index in [1.807, 2.05) is 31.2 Å². The van der Waals surface area contributed by atoms with Crippen molar-refractivity contribution in [2.45, 2.75) is 6.92 Å². The molecule has 0 atom stereocenters. The minimum atomic E-state index is -0.314. The van der Waals surface area contributed by atoms with Crippen LogP contribution in [0.1, 0.15) is 17.3 Å². The molecule has 0 spiro atoms. The zero-order chi connectivity index (χ0) is 14.7. The molecule has 0 unspecified atom stereocenters. The number of para-hydroxylation sites is 2. The lowest BCUT2D eigenvalue weighted by Crippen LogP contribution is -2.15. The second-order valence-corrected chi connectivity index (χ2v) is 4.35. The molecule has 0 radical (unpaired) electrons. The molecule has 3 aromatic rings. The van der Waals surface area contributed by atoms with Crippen LogP contribution in [0, 0.1) is 0 Å². The normalized spacial score (nSPS) is 10.5. The maximum absolute atomic E-state index is 12.3. The Hall–Kier alpha value is -2.89. The van der Waals surface area contributed by atoms with Crippen molar-refractivity contribution < 1.29 is 9.53 Å². The molecule has 106 valence electrons. The van der Waals surface area contributed by atoms with Crippen LogP contribution in [-0.4, -0.2) is 27.5 Å². The van der Waals surface area contributed by atoms with Crippen LogP contribution in [-0.2, 0) is 0 Å². The molecule has 0 aliphatic carbocycles. The lowest BCUT2D eigenvalue weighted by molar-refractivity contribution is 0.102. The smallest absolute Gasteiger partial charge is 0.263 e. The summed E-state index contributed by atoms with van der Waals surface area (Å²) in [6.45, 7) is 2.29. The number of carbonyl (C=O) groups excluding carboxylic acids is 1. The molecule has 6 nitrogen and oxygen atoms in total. The lowest BCUT2D eigenvalue weighted by atomic mass is 10.2. The van der Waals surface area contributed by atoms with E-state index in [1.54, 1.807) is 18.3 Å². The fraction of sp³-hybridized carbons (Fsp3) is 0.133. The van der Waals surface area contributed by atoms with E-state index >= 15 is 0 Å². The molecule has 0 saturated carbocycles. The van der Waals surface area contributed by atoms with Crippen LogP contribution in [0.4, 0.5) is 5.95 Å². The van der Waals surface area contributed by atoms with Crippen molar-refractivity contribution in [1.29, 1.82) is 0 Å². The van der Waals surface area contributed by atoms with Crippen molar-refractivity contribution in [1.82, 2.24) is 15.0 Å². The third-order valence-corrected chi connectivity index (χ3v) is 2.92. The molecular weight excluding hydrogens is 268 g/mol. The van der Waals surface area contributed by atoms with Gasteiger partial charge in [-0.1, -0.05) is 12.1 Å². The number of benzene rings is 1. The van der Waals surface area contributed by atoms with E-state index in [-0.39, 0.29) is 5.91 Å². The van der Waals surface area contributed by atoms with Gasteiger partial charge in [0.2, 0.25) is 11.8 Å². The number of carbonyl (C=O) groups is 1. The first-order valence-electron chi connectivity index (χ1n) is 6.62. The van der Waals surface area contributed by atoms with Gasteiger partial charge in [-0.05, 0) is 31.2 Å². The summed E-state index contributed by atoms with van der Waals surface area (Å²) < 4.78 is 5.35. The zero-order valence-corrected chi connectivity index (χ0v) is 11.5. The SMILES string of the molecule is CCOc1ncccc1C(=O)Nc1nc2ccccc2[nH]1. The molecule has 21 heavy (non-hydrogen) atoms. The van der Waals surface area contributed by atoms with Gasteiger partial charge in [-0.3, -0.25) is 10.1 Å². The number of H-pyrrole nitrogens is 1. The van der Waals surface area contributed by atoms with Crippen LogP contribution in [0.5, 0.6) is 5.88 Å². The number of ether oxygens (including phenoxy) is 1. The highest BCUT2D eigenvalue weighted by Crippen LogP contribution is 2.17. The summed E-state index contributed by atoms with van der Waals surface area (Å²) in [4.78, 5) is 23.7. The number of aromatic amines is 1. The Labute approximate surface area is 121 Å². The van der Waals surface area contributed by atoms with E-state index in [9.17, 15) is 4.79 Å². The highest BCUT2D eigenvalue weighted by Gasteiger charge is 2.14. The number of fused-ring (bicyclic) bond motifs is 1. The summed E-state index contributed by atoms with van der Waals surface area (Å²) in [6.07, 6.45) is 1.59. The van der Waals surface area contributed by atoms with Crippen molar-refractivity contribution in [3.8, 4) is 5.88 Å². The molecule has 0 aliphatic rings. The molecular formula is C15H14N4O2. The molecule has 3 rings (SSSR count). The molecule has 1 amide bonds. The van der Waals surface area contributed by atoms with Gasteiger partial charge in [-0.25, -0.2) is 9.97 Å². The lowest BCUT2D eigenvalue weighted by Gasteiger charge is -2.07. The minimum Gasteiger partial charge on any atom is -0.477 e. The highest BCUT2D eigenvalue weighted by atomic mass is 16.5. The van der Waals surface area contributed by atoms with Gasteiger partial charge < -0.3 is 9.72 Å². The molecule has 2 N–H and O–H groups in total. The van der Waals surface area contributed by atoms with E-state index in [0.717, 1.165) is 11.0 Å². The van der Waals surface area contributed by atoms with Crippen LogP contribution in [0.3, 0.4) is 0 Å². The van der Waals surface area contributed by atoms with Crippen molar-refractivity contribution in [2.75, 3.05) is 11.9 Å². The molecule has 0 saturated heterocycles. The number of hydrogen-bond acceptors (Lipinski definition) is 4. The molecule has 0 bridgehead atoms. The van der Waals surface area contributed by atoms with Crippen molar-refractivity contribution >= 4 is 22.9 Å². The summed E-state index contributed by atoms with van der Waals surface area (Å²) in [6, 6.07) is 10.9. The summed E-state index contributed by atoms with van der Waals surface area (Å²) >= 11 is 0. The molecule has 1 aromatic carbocycles. The van der Waals surface area contributed by atoms with Gasteiger partial charge in [0.15, 0.2) is 0 Å². The van der Waals surface area contributed by atoms with Crippen molar-refractivity contribution in [3.63, 3.8) is 0 Å². The number of nitrogens with one attached hydrogen (secondary N) is 2. The Morgan fingerprint density at radius 1 is 1.29 bits per heavy atom. The fourth-order valence-electron chi connectivity index (χ4n) is 2.00. The average Bonchev–Trinajstić information content (AvgIpc) is 2.90. The predicted molar refractivity (Wildman–Crippen MR) is 79.5 cm³/mol. The predicted octanol–water partition coefficient (Wildman–Crippen LogP) is 2.61. The Morgan fingerprint density at radius 2 is 2.14 bits per heavy atom. The zero-order valence-electron chi connectivity index (χ0n) is 11.5. The maximum atomic E-state index is 12.3. The van der Waals surface area contributed by atoms with Gasteiger partial charge in [0, 0.05) is 6.20 Å². The van der Waals surface area contributed by atoms with Crippen LogP contribution in [0.2, 0.25) is 0 Å². The van der Waals surface area contributed by atoms with Crippen molar-refractivity contribution in [2.24, 2.45) is 0 Å². The van der Waals surface area contributed by atoms with Gasteiger partial charge in [0.25, 0.3) is 5.91 Å². The number of nitrogens with zero attached hydrogens (tertiary/aromatic N) is 2. The van der Waals surface area contributed by atoms with Crippen LogP contribution in [0.15, 0.2) is 42.6 Å². The number of aromatic nitrogens is 3. The first-order valence-corrected chi connectivity index (χ1v) is 6.62. The van der Waals surface area contributed by atoms with Gasteiger partial charge in [0.1, 0.15) is 5.56 Å². The van der Waals surface area contributed by atoms with Crippen LogP contribution >= 0.6 is 0 Å². The van der Waals surface area contributed by atoms with E-state index in [0.29, 0.717) is 24.0 Å². The number of hydrogen-bond donors (Lipinski definition) is 2. The Kier molecular flexibility index (Phi) is 3.51. The van der Waals surface area contributed by atoms with E-state index in [4.69, 9.17) is 4.74 Å². The topological polar surface area (TPSA) is 79.9 Å². The molecule has 6 heteroatoms. The average molecular weight is 282 g/mol. The molecule has 0 aliphatic heterocycles. The summed E-state index contributed by atoms with van der Waals surface area (Å²) in [5, 5.41) is 2.72. The van der Waals surface area contributed by atoms with Gasteiger partial charge in [-0.2, -0.15) is 0 Å². The number of rotatable bonds is 4. The fourth-order valence-corrected chi connectivity index (χ4v) is 2.00. The number of amides is 1. The molecule has 2 aromatic heterocycles. The van der Waals surface area contributed by atoms with Crippen molar-refractivity contribution in [3.05, 3.63) is 48.2 Å². The van der Waals surface area contributed by atoms with Gasteiger partial charge in [-0.15, -0.1) is 0 Å². The Bertz CT molecular complexity index is 749. The quantitative estimate of drug-likeness (QED) is 0.770. The third-order valence-electron chi connectivity index (χ3n) is 2.92. The largest absolute Gasteiger partial charge is 0.477 e. The summed E-state index contributed by atoms with van der Waals surface area (Å²) in [7, 11) is 0. The second kappa shape index (κ2) is 5.62. The van der Waals surface area contributed by atoms with Crippen LogP contribution < -0.4 is 10.1 Å². The first-order chi connectivity index (χ1) is 10.3. The van der Waals surface area contributed by atoms with E-state index in [1.165, 1.54) is 0 Å². The monoisotopic (exact) mass is 282 g/mol. The molecule has 2 heterocycles. The van der Waals surface area contributed by atoms with Gasteiger partial charge >= 0.3 is 0 Å².